The van der Waals surface area contributed by atoms with Gasteiger partial charge in [0.25, 0.3) is 0 Å². The van der Waals surface area contributed by atoms with Gasteiger partial charge in [-0.2, -0.15) is 0 Å². The van der Waals surface area contributed by atoms with Crippen LogP contribution in [0.15, 0.2) is 18.2 Å². The maximum Gasteiger partial charge on any atom is 0.205 e. The molecule has 0 aliphatic rings. The second kappa shape index (κ2) is 6.38. The first-order valence-corrected chi connectivity index (χ1v) is 6.88. The van der Waals surface area contributed by atoms with Gasteiger partial charge in [0.1, 0.15) is 6.61 Å². The van der Waals surface area contributed by atoms with Gasteiger partial charge in [-0.15, -0.1) is 10.2 Å². The van der Waals surface area contributed by atoms with E-state index in [0.717, 1.165) is 28.1 Å². The zero-order chi connectivity index (χ0) is 13.7. The molecule has 0 saturated carbocycles. The summed E-state index contributed by atoms with van der Waals surface area (Å²) in [6.07, 6.45) is 0.971. The Morgan fingerprint density at radius 3 is 2.74 bits per heavy atom. The van der Waals surface area contributed by atoms with E-state index in [-0.39, 0.29) is 0 Å². The molecule has 19 heavy (non-hydrogen) atoms. The zero-order valence-corrected chi connectivity index (χ0v) is 12.1. The highest BCUT2D eigenvalue weighted by atomic mass is 32.1. The Bertz CT molecular complexity index is 542. The van der Waals surface area contributed by atoms with Gasteiger partial charge in [0, 0.05) is 7.05 Å². The Kier molecular flexibility index (Phi) is 4.57. The first kappa shape index (κ1) is 13.6. The third kappa shape index (κ3) is 3.35. The molecule has 1 aromatic heterocycles. The van der Waals surface area contributed by atoms with Gasteiger partial charge in [-0.1, -0.05) is 24.3 Å². The van der Waals surface area contributed by atoms with Crippen molar-refractivity contribution < 1.29 is 9.47 Å². The maximum absolute atomic E-state index is 5.73. The molecule has 0 fully saturated rings. The van der Waals surface area contributed by atoms with Crippen LogP contribution in [0, 0.1) is 0 Å². The summed E-state index contributed by atoms with van der Waals surface area (Å²) in [6.45, 7) is 2.50. The number of ether oxygens (including phenoxy) is 2. The quantitative estimate of drug-likeness (QED) is 0.881. The molecule has 0 unspecified atom stereocenters. The van der Waals surface area contributed by atoms with E-state index in [2.05, 4.69) is 22.4 Å². The maximum atomic E-state index is 5.73. The monoisotopic (exact) mass is 279 g/mol. The number of methoxy groups -OCH3 is 1. The predicted octanol–water partition coefficient (Wildman–Crippen LogP) is 2.73. The van der Waals surface area contributed by atoms with Gasteiger partial charge >= 0.3 is 0 Å². The summed E-state index contributed by atoms with van der Waals surface area (Å²) < 4.78 is 11.1. The average molecular weight is 279 g/mol. The van der Waals surface area contributed by atoms with Gasteiger partial charge in [0.15, 0.2) is 16.5 Å². The van der Waals surface area contributed by atoms with Gasteiger partial charge in [0.2, 0.25) is 5.13 Å². The van der Waals surface area contributed by atoms with E-state index in [0.29, 0.717) is 6.61 Å². The molecule has 1 aromatic carbocycles. The van der Waals surface area contributed by atoms with Crippen LogP contribution in [-0.2, 0) is 13.0 Å². The van der Waals surface area contributed by atoms with Crippen molar-refractivity contribution in [1.29, 1.82) is 0 Å². The fourth-order valence-corrected chi connectivity index (χ4v) is 2.21. The van der Waals surface area contributed by atoms with E-state index in [1.165, 1.54) is 16.9 Å². The highest BCUT2D eigenvalue weighted by molar-refractivity contribution is 7.15. The Balaban J connectivity index is 2.06. The van der Waals surface area contributed by atoms with Gasteiger partial charge in [-0.3, -0.25) is 0 Å². The van der Waals surface area contributed by atoms with Crippen molar-refractivity contribution in [2.24, 2.45) is 0 Å². The minimum Gasteiger partial charge on any atom is -0.493 e. The number of hydrogen-bond donors (Lipinski definition) is 1. The topological polar surface area (TPSA) is 56.3 Å². The number of aromatic nitrogens is 2. The van der Waals surface area contributed by atoms with Crippen molar-refractivity contribution in [3.05, 3.63) is 28.8 Å². The van der Waals surface area contributed by atoms with Crippen LogP contribution in [0.1, 0.15) is 17.5 Å². The van der Waals surface area contributed by atoms with Crippen molar-refractivity contribution in [2.45, 2.75) is 20.0 Å². The molecule has 2 rings (SSSR count). The van der Waals surface area contributed by atoms with E-state index < -0.39 is 0 Å². The Morgan fingerprint density at radius 1 is 1.26 bits per heavy atom. The Labute approximate surface area is 116 Å². The van der Waals surface area contributed by atoms with Crippen LogP contribution in [0.4, 0.5) is 5.13 Å². The molecule has 1 heterocycles. The molecule has 0 saturated heterocycles. The van der Waals surface area contributed by atoms with Gasteiger partial charge in [0.05, 0.1) is 7.11 Å². The van der Waals surface area contributed by atoms with Crippen molar-refractivity contribution >= 4 is 16.5 Å². The molecular weight excluding hydrogens is 262 g/mol. The molecule has 2 aromatic rings. The van der Waals surface area contributed by atoms with Crippen LogP contribution >= 0.6 is 11.3 Å². The summed E-state index contributed by atoms with van der Waals surface area (Å²) in [7, 11) is 3.46. The number of anilines is 1. The highest BCUT2D eigenvalue weighted by Crippen LogP contribution is 2.29. The third-order valence-corrected chi connectivity index (χ3v) is 3.58. The van der Waals surface area contributed by atoms with Crippen LogP contribution in [0.3, 0.4) is 0 Å². The van der Waals surface area contributed by atoms with Crippen LogP contribution in [-0.4, -0.2) is 24.4 Å². The van der Waals surface area contributed by atoms with E-state index in [1.807, 2.05) is 25.2 Å². The molecule has 0 aliphatic heterocycles. The lowest BCUT2D eigenvalue weighted by Gasteiger charge is -2.10. The lowest BCUT2D eigenvalue weighted by atomic mass is 10.1. The smallest absolute Gasteiger partial charge is 0.205 e. The number of hydrogen-bond acceptors (Lipinski definition) is 6. The lowest BCUT2D eigenvalue weighted by Crippen LogP contribution is -1.98. The number of rotatable bonds is 6. The van der Waals surface area contributed by atoms with E-state index >= 15 is 0 Å². The molecule has 6 heteroatoms. The molecule has 0 atom stereocenters. The molecule has 0 aliphatic carbocycles. The predicted molar refractivity (Wildman–Crippen MR) is 76.2 cm³/mol. The summed E-state index contributed by atoms with van der Waals surface area (Å²) in [6, 6.07) is 5.96. The van der Waals surface area contributed by atoms with Crippen molar-refractivity contribution in [2.75, 3.05) is 19.5 Å². The van der Waals surface area contributed by atoms with Crippen molar-refractivity contribution in [1.82, 2.24) is 10.2 Å². The van der Waals surface area contributed by atoms with E-state index in [9.17, 15) is 0 Å². The molecule has 0 bridgehead atoms. The SMILES string of the molecule is CCc1ccc(OCc2nnc(NC)s2)c(OC)c1. The molecular formula is C13H17N3O2S. The van der Waals surface area contributed by atoms with E-state index in [1.54, 1.807) is 7.11 Å². The third-order valence-electron chi connectivity index (χ3n) is 2.67. The number of nitrogens with one attached hydrogen (secondary N) is 1. The number of nitrogens with zero attached hydrogens (tertiary/aromatic N) is 2. The number of benzene rings is 1. The van der Waals surface area contributed by atoms with Crippen LogP contribution in [0.5, 0.6) is 11.5 Å². The fourth-order valence-electron chi connectivity index (χ4n) is 1.60. The second-order valence-electron chi connectivity index (χ2n) is 3.88. The number of aryl methyl sites for hydroxylation is 1. The van der Waals surface area contributed by atoms with Gasteiger partial charge < -0.3 is 14.8 Å². The van der Waals surface area contributed by atoms with Gasteiger partial charge in [-0.05, 0) is 24.1 Å². The first-order chi connectivity index (χ1) is 9.26. The fraction of sp³-hybridized carbons (Fsp3) is 0.385. The summed E-state index contributed by atoms with van der Waals surface area (Å²) >= 11 is 1.47. The van der Waals surface area contributed by atoms with Crippen LogP contribution in [0.25, 0.3) is 0 Å². The second-order valence-corrected chi connectivity index (χ2v) is 4.94. The minimum atomic E-state index is 0.390. The summed E-state index contributed by atoms with van der Waals surface area (Å²) in [5.74, 6) is 1.47. The van der Waals surface area contributed by atoms with Crippen LogP contribution < -0.4 is 14.8 Å². The highest BCUT2D eigenvalue weighted by Gasteiger charge is 2.08. The normalized spacial score (nSPS) is 10.3. The van der Waals surface area contributed by atoms with Crippen molar-refractivity contribution in [3.8, 4) is 11.5 Å². The van der Waals surface area contributed by atoms with E-state index in [4.69, 9.17) is 9.47 Å². The van der Waals surface area contributed by atoms with Crippen LogP contribution in [0.2, 0.25) is 0 Å². The van der Waals surface area contributed by atoms with Gasteiger partial charge in [-0.25, -0.2) is 0 Å². The minimum absolute atomic E-state index is 0.390. The zero-order valence-electron chi connectivity index (χ0n) is 11.3. The summed E-state index contributed by atoms with van der Waals surface area (Å²) in [5, 5.41) is 12.6. The standard InChI is InChI=1S/C13H17N3O2S/c1-4-9-5-6-10(11(7-9)17-3)18-8-12-15-16-13(14-2)19-12/h5-7H,4,8H2,1-3H3,(H,14,16). The molecule has 0 amide bonds. The Hall–Kier alpha value is -1.82. The summed E-state index contributed by atoms with van der Waals surface area (Å²) in [5.41, 5.74) is 1.22. The molecule has 102 valence electrons. The Morgan fingerprint density at radius 2 is 2.11 bits per heavy atom. The lowest BCUT2D eigenvalue weighted by molar-refractivity contribution is 0.283. The molecule has 0 spiro atoms. The average Bonchev–Trinajstić information content (AvgIpc) is 2.92. The summed E-state index contributed by atoms with van der Waals surface area (Å²) in [4.78, 5) is 0. The first-order valence-electron chi connectivity index (χ1n) is 6.06. The molecule has 1 N–H and O–H groups in total. The molecule has 0 radical (unpaired) electrons. The van der Waals surface area contributed by atoms with Crippen molar-refractivity contribution in [3.63, 3.8) is 0 Å². The largest absolute Gasteiger partial charge is 0.493 e. The molecule has 5 nitrogen and oxygen atoms in total.